The molecule has 2 aromatic carbocycles. The van der Waals surface area contributed by atoms with Crippen LogP contribution in [0.15, 0.2) is 63.1 Å². The Balaban J connectivity index is 2.12. The van der Waals surface area contributed by atoms with Crippen LogP contribution in [0.1, 0.15) is 23.6 Å². The fourth-order valence-corrected chi connectivity index (χ4v) is 4.18. The average Bonchev–Trinajstić information content (AvgIpc) is 2.76. The van der Waals surface area contributed by atoms with Gasteiger partial charge in [-0.1, -0.05) is 48.9 Å². The molecule has 0 radical (unpaired) electrons. The van der Waals surface area contributed by atoms with Crippen LogP contribution in [0.3, 0.4) is 0 Å². The van der Waals surface area contributed by atoms with E-state index in [0.717, 1.165) is 21.1 Å². The largest absolute Gasteiger partial charge is 0.494 e. The quantitative estimate of drug-likeness (QED) is 0.477. The van der Waals surface area contributed by atoms with Crippen LogP contribution in [0.25, 0.3) is 0 Å². The molecule has 30 heavy (non-hydrogen) atoms. The summed E-state index contributed by atoms with van der Waals surface area (Å²) < 4.78 is 1.99. The van der Waals surface area contributed by atoms with Gasteiger partial charge in [0.2, 0.25) is 5.88 Å². The van der Waals surface area contributed by atoms with Crippen LogP contribution >= 0.6 is 23.4 Å². The van der Waals surface area contributed by atoms with Crippen LogP contribution < -0.4 is 11.2 Å². The van der Waals surface area contributed by atoms with E-state index in [2.05, 4.69) is 11.9 Å². The van der Waals surface area contributed by atoms with E-state index in [4.69, 9.17) is 11.6 Å². The Bertz CT molecular complexity index is 1210. The Kier molecular flexibility index (Phi) is 6.84. The minimum Gasteiger partial charge on any atom is -0.494 e. The molecule has 156 valence electrons. The van der Waals surface area contributed by atoms with Gasteiger partial charge in [-0.3, -0.25) is 13.9 Å². The maximum Gasteiger partial charge on any atom is 0.333 e. The van der Waals surface area contributed by atoms with Gasteiger partial charge in [0.1, 0.15) is 10.6 Å². The molecule has 0 saturated heterocycles. The first-order valence-electron chi connectivity index (χ1n) is 9.36. The normalized spacial score (nSPS) is 11.7. The van der Waals surface area contributed by atoms with Crippen molar-refractivity contribution in [3.63, 3.8) is 0 Å². The third-order valence-corrected chi connectivity index (χ3v) is 6.14. The second kappa shape index (κ2) is 9.36. The van der Waals surface area contributed by atoms with Gasteiger partial charge >= 0.3 is 5.69 Å². The van der Waals surface area contributed by atoms with Crippen LogP contribution in [0.4, 0.5) is 5.69 Å². The molecule has 1 aromatic heterocycles. The van der Waals surface area contributed by atoms with Crippen molar-refractivity contribution >= 4 is 34.1 Å². The number of benzene rings is 2. The van der Waals surface area contributed by atoms with Crippen molar-refractivity contribution in [1.82, 2.24) is 9.13 Å². The molecule has 0 spiro atoms. The number of aromatic hydroxyl groups is 1. The Morgan fingerprint density at radius 3 is 2.37 bits per heavy atom. The molecule has 0 saturated carbocycles. The first-order valence-corrected chi connectivity index (χ1v) is 10.7. The average molecular weight is 444 g/mol. The predicted molar refractivity (Wildman–Crippen MR) is 123 cm³/mol. The number of hydrogen-bond acceptors (Lipinski definition) is 5. The van der Waals surface area contributed by atoms with Crippen LogP contribution in [0, 0.1) is 0 Å². The molecule has 0 aliphatic heterocycles. The van der Waals surface area contributed by atoms with Crippen LogP contribution in [-0.4, -0.2) is 19.3 Å². The molecule has 0 atom stereocenters. The maximum atomic E-state index is 12.8. The highest BCUT2D eigenvalue weighted by Crippen LogP contribution is 2.28. The van der Waals surface area contributed by atoms with Gasteiger partial charge < -0.3 is 5.11 Å². The van der Waals surface area contributed by atoms with Crippen molar-refractivity contribution in [2.45, 2.75) is 19.1 Å². The van der Waals surface area contributed by atoms with E-state index in [1.165, 1.54) is 31.4 Å². The fourth-order valence-electron chi connectivity index (χ4n) is 2.87. The molecule has 3 aromatic rings. The molecule has 0 aliphatic rings. The van der Waals surface area contributed by atoms with E-state index in [0.29, 0.717) is 21.5 Å². The minimum atomic E-state index is -0.607. The second-order valence-corrected chi connectivity index (χ2v) is 8.09. The van der Waals surface area contributed by atoms with Crippen molar-refractivity contribution in [2.24, 2.45) is 19.1 Å². The topological polar surface area (TPSA) is 76.6 Å². The monoisotopic (exact) mass is 443 g/mol. The zero-order chi connectivity index (χ0) is 21.8. The van der Waals surface area contributed by atoms with E-state index >= 15 is 0 Å². The number of rotatable bonds is 5. The summed E-state index contributed by atoms with van der Waals surface area (Å²) in [4.78, 5) is 29.6. The van der Waals surface area contributed by atoms with Crippen molar-refractivity contribution < 1.29 is 5.11 Å². The van der Waals surface area contributed by atoms with Crippen LogP contribution in [-0.2, 0) is 26.3 Å². The molecule has 0 bridgehead atoms. The maximum absolute atomic E-state index is 12.8. The summed E-state index contributed by atoms with van der Waals surface area (Å²) in [7, 11) is 2.78. The predicted octanol–water partition coefficient (Wildman–Crippen LogP) is 4.02. The zero-order valence-corrected chi connectivity index (χ0v) is 18.5. The summed E-state index contributed by atoms with van der Waals surface area (Å²) in [5, 5.41) is 11.5. The Morgan fingerprint density at radius 1 is 1.07 bits per heavy atom. The van der Waals surface area contributed by atoms with Gasteiger partial charge in [-0.25, -0.2) is 9.79 Å². The van der Waals surface area contributed by atoms with Crippen molar-refractivity contribution in [3.8, 4) is 5.88 Å². The Labute approximate surface area is 183 Å². The molecule has 1 heterocycles. The molecule has 6 nitrogen and oxygen atoms in total. The molecule has 3 rings (SSSR count). The first kappa shape index (κ1) is 21.9. The minimum absolute atomic E-state index is 0.0174. The summed E-state index contributed by atoms with van der Waals surface area (Å²) in [5.74, 6) is 0.0236. The van der Waals surface area contributed by atoms with Gasteiger partial charge in [0.25, 0.3) is 5.56 Å². The number of halogens is 1. The molecule has 0 aliphatic carbocycles. The summed E-state index contributed by atoms with van der Waals surface area (Å²) >= 11 is 7.54. The second-order valence-electron chi connectivity index (χ2n) is 6.72. The van der Waals surface area contributed by atoms with Gasteiger partial charge in [0, 0.05) is 24.9 Å². The fraction of sp³-hybridized carbons (Fsp3) is 0.227. The summed E-state index contributed by atoms with van der Waals surface area (Å²) in [6, 6.07) is 15.1. The van der Waals surface area contributed by atoms with Gasteiger partial charge in [-0.2, -0.15) is 0 Å². The standard InChI is InChI=1S/C22H22ClN3O3S/c1-4-14-9-11-16(12-10-14)24-19(30-13-15-7-5-6-8-17(15)23)18-20(27)25(2)22(29)26(3)21(18)28/h5-12,27H,4,13H2,1-3H3. The lowest BCUT2D eigenvalue weighted by atomic mass is 10.1. The summed E-state index contributed by atoms with van der Waals surface area (Å²) in [5.41, 5.74) is 1.45. The van der Waals surface area contributed by atoms with Crippen molar-refractivity contribution in [3.05, 3.63) is 91.1 Å². The SMILES string of the molecule is CCc1ccc(N=C(SCc2ccccc2Cl)c2c(O)n(C)c(=O)n(C)c2=O)cc1. The number of nitrogens with zero attached hydrogens (tertiary/aromatic N) is 3. The summed E-state index contributed by atoms with van der Waals surface area (Å²) in [6.07, 6.45) is 0.903. The third kappa shape index (κ3) is 4.52. The summed E-state index contributed by atoms with van der Waals surface area (Å²) in [6.45, 7) is 2.06. The van der Waals surface area contributed by atoms with E-state index in [1.54, 1.807) is 6.07 Å². The highest BCUT2D eigenvalue weighted by molar-refractivity contribution is 8.13. The highest BCUT2D eigenvalue weighted by atomic mass is 35.5. The molecule has 0 fully saturated rings. The lowest BCUT2D eigenvalue weighted by Crippen LogP contribution is -2.39. The zero-order valence-electron chi connectivity index (χ0n) is 16.9. The molecular formula is C22H22ClN3O3S. The Hall–Kier alpha value is -2.77. The van der Waals surface area contributed by atoms with Crippen molar-refractivity contribution in [2.75, 3.05) is 0 Å². The van der Waals surface area contributed by atoms with Gasteiger partial charge in [-0.05, 0) is 35.7 Å². The van der Waals surface area contributed by atoms with Crippen molar-refractivity contribution in [1.29, 1.82) is 0 Å². The number of aryl methyl sites for hydroxylation is 1. The smallest absolute Gasteiger partial charge is 0.333 e. The van der Waals surface area contributed by atoms with E-state index < -0.39 is 17.1 Å². The van der Waals surface area contributed by atoms with E-state index in [1.807, 2.05) is 42.5 Å². The van der Waals surface area contributed by atoms with E-state index in [-0.39, 0.29) is 5.56 Å². The molecule has 8 heteroatoms. The molecular weight excluding hydrogens is 422 g/mol. The van der Waals surface area contributed by atoms with Gasteiger partial charge in [-0.15, -0.1) is 11.8 Å². The molecule has 1 N–H and O–H groups in total. The lowest BCUT2D eigenvalue weighted by molar-refractivity contribution is 0.410. The third-order valence-electron chi connectivity index (χ3n) is 4.75. The number of thioether (sulfide) groups is 1. The molecule has 0 amide bonds. The molecule has 0 unspecified atom stereocenters. The van der Waals surface area contributed by atoms with Gasteiger partial charge in [0.05, 0.1) is 5.69 Å². The Morgan fingerprint density at radius 2 is 1.73 bits per heavy atom. The lowest BCUT2D eigenvalue weighted by Gasteiger charge is -2.13. The van der Waals surface area contributed by atoms with Gasteiger partial charge in [0.15, 0.2) is 0 Å². The number of aliphatic imine (C=N–C) groups is 1. The number of hydrogen-bond donors (Lipinski definition) is 1. The van der Waals surface area contributed by atoms with Crippen LogP contribution in [0.2, 0.25) is 5.02 Å². The van der Waals surface area contributed by atoms with Crippen LogP contribution in [0.5, 0.6) is 5.88 Å². The number of aromatic nitrogens is 2. The first-order chi connectivity index (χ1) is 14.3. The highest BCUT2D eigenvalue weighted by Gasteiger charge is 2.21. The van der Waals surface area contributed by atoms with E-state index in [9.17, 15) is 14.7 Å².